The van der Waals surface area contributed by atoms with Crippen LogP contribution in [0.4, 0.5) is 0 Å². The van der Waals surface area contributed by atoms with Crippen molar-refractivity contribution in [1.82, 2.24) is 5.32 Å². The second-order valence-corrected chi connectivity index (χ2v) is 8.27. The Bertz CT molecular complexity index is 592. The lowest BCUT2D eigenvalue weighted by Crippen LogP contribution is -2.40. The van der Waals surface area contributed by atoms with Gasteiger partial charge in [-0.1, -0.05) is 112 Å². The third kappa shape index (κ3) is 7.14. The Labute approximate surface area is 166 Å². The Morgan fingerprint density at radius 2 is 1.15 bits per heavy atom. The van der Waals surface area contributed by atoms with Crippen molar-refractivity contribution in [1.29, 1.82) is 0 Å². The Balaban J connectivity index is 1.67. The van der Waals surface area contributed by atoms with Gasteiger partial charge in [0.2, 0.25) is 0 Å². The first-order valence-electron chi connectivity index (χ1n) is 11.2. The Kier molecular flexibility index (Phi) is 8.93. The summed E-state index contributed by atoms with van der Waals surface area (Å²) in [5.41, 5.74) is 1.48. The summed E-state index contributed by atoms with van der Waals surface area (Å²) in [6.45, 7) is 0. The van der Waals surface area contributed by atoms with Gasteiger partial charge in [0.1, 0.15) is 0 Å². The van der Waals surface area contributed by atoms with E-state index in [1.165, 1.54) is 76.2 Å². The van der Waals surface area contributed by atoms with E-state index in [4.69, 9.17) is 0 Å². The highest BCUT2D eigenvalue weighted by Gasteiger charge is 2.30. The molecule has 1 N–H and O–H groups in total. The predicted molar refractivity (Wildman–Crippen MR) is 119 cm³/mol. The fourth-order valence-electron chi connectivity index (χ4n) is 4.75. The van der Waals surface area contributed by atoms with Gasteiger partial charge in [-0.3, -0.25) is 0 Å². The zero-order valence-corrected chi connectivity index (χ0v) is 16.9. The molecule has 2 saturated carbocycles. The normalized spacial score (nSPS) is 33.6. The third-order valence-electron chi connectivity index (χ3n) is 6.22. The fourth-order valence-corrected chi connectivity index (χ4v) is 4.75. The lowest BCUT2D eigenvalue weighted by Gasteiger charge is -2.28. The van der Waals surface area contributed by atoms with Gasteiger partial charge in [0.25, 0.3) is 0 Å². The molecule has 0 heterocycles. The molecule has 3 aliphatic rings. The maximum absolute atomic E-state index is 4.11. The van der Waals surface area contributed by atoms with Crippen LogP contribution in [0.2, 0.25) is 0 Å². The van der Waals surface area contributed by atoms with Gasteiger partial charge >= 0.3 is 0 Å². The van der Waals surface area contributed by atoms with Crippen LogP contribution in [-0.2, 0) is 0 Å². The van der Waals surface area contributed by atoms with E-state index in [0.717, 1.165) is 6.04 Å². The van der Waals surface area contributed by atoms with Gasteiger partial charge in [-0.2, -0.15) is 0 Å². The van der Waals surface area contributed by atoms with E-state index >= 15 is 0 Å². The molecule has 2 atom stereocenters. The second-order valence-electron chi connectivity index (χ2n) is 8.27. The summed E-state index contributed by atoms with van der Waals surface area (Å²) < 4.78 is 0. The molecule has 0 aromatic rings. The van der Waals surface area contributed by atoms with Crippen LogP contribution < -0.4 is 5.32 Å². The van der Waals surface area contributed by atoms with Crippen molar-refractivity contribution in [3.05, 3.63) is 72.4 Å². The molecule has 146 valence electrons. The monoisotopic (exact) mass is 363 g/mol. The van der Waals surface area contributed by atoms with Gasteiger partial charge in [-0.05, 0) is 37.2 Å². The predicted octanol–water partition coefficient (Wildman–Crippen LogP) is 6.97. The van der Waals surface area contributed by atoms with Crippen LogP contribution in [0.5, 0.6) is 0 Å². The molecule has 0 saturated heterocycles. The first-order chi connectivity index (χ1) is 13.4. The van der Waals surface area contributed by atoms with Crippen LogP contribution in [0.15, 0.2) is 72.4 Å². The van der Waals surface area contributed by atoms with Gasteiger partial charge in [0, 0.05) is 12.1 Å². The molecule has 0 amide bonds. The zero-order valence-electron chi connectivity index (χ0n) is 16.9. The van der Waals surface area contributed by atoms with Crippen LogP contribution >= 0.6 is 0 Å². The highest BCUT2D eigenvalue weighted by molar-refractivity contribution is 5.33. The molecule has 2 unspecified atom stereocenters. The Morgan fingerprint density at radius 1 is 0.556 bits per heavy atom. The molecule has 2 fully saturated rings. The number of nitrogens with one attached hydrogen (secondary N) is 1. The SMILES string of the molecule is C1=C\C=C/C=C(C2CCCC2NC2CCCCCCCC2)\C=C/C=C/C=C1. The molecular formula is C26H37N. The summed E-state index contributed by atoms with van der Waals surface area (Å²) in [4.78, 5) is 0. The van der Waals surface area contributed by atoms with Gasteiger partial charge in [-0.15, -0.1) is 0 Å². The topological polar surface area (TPSA) is 12.0 Å². The lowest BCUT2D eigenvalue weighted by atomic mass is 9.91. The number of rotatable bonds is 3. The Morgan fingerprint density at radius 3 is 1.85 bits per heavy atom. The summed E-state index contributed by atoms with van der Waals surface area (Å²) in [7, 11) is 0. The van der Waals surface area contributed by atoms with Crippen LogP contribution in [0.25, 0.3) is 0 Å². The van der Waals surface area contributed by atoms with Crippen molar-refractivity contribution in [3.63, 3.8) is 0 Å². The average molecular weight is 364 g/mol. The van der Waals surface area contributed by atoms with E-state index in [-0.39, 0.29) is 0 Å². The van der Waals surface area contributed by atoms with Crippen LogP contribution in [0.1, 0.15) is 70.6 Å². The van der Waals surface area contributed by atoms with Gasteiger partial charge < -0.3 is 5.32 Å². The highest BCUT2D eigenvalue weighted by atomic mass is 15.0. The summed E-state index contributed by atoms with van der Waals surface area (Å²) in [6.07, 6.45) is 39.1. The quantitative estimate of drug-likeness (QED) is 0.571. The van der Waals surface area contributed by atoms with Crippen molar-refractivity contribution in [2.75, 3.05) is 0 Å². The smallest absolute Gasteiger partial charge is 0.0138 e. The Hall–Kier alpha value is -1.60. The van der Waals surface area contributed by atoms with Gasteiger partial charge in [-0.25, -0.2) is 0 Å². The van der Waals surface area contributed by atoms with E-state index in [0.29, 0.717) is 12.0 Å². The molecule has 27 heavy (non-hydrogen) atoms. The molecule has 3 aliphatic carbocycles. The number of hydrogen-bond donors (Lipinski definition) is 1. The zero-order chi connectivity index (χ0) is 18.6. The second kappa shape index (κ2) is 12.0. The van der Waals surface area contributed by atoms with E-state index in [2.05, 4.69) is 72.2 Å². The van der Waals surface area contributed by atoms with E-state index in [1.54, 1.807) is 0 Å². The first kappa shape index (κ1) is 20.1. The average Bonchev–Trinajstić information content (AvgIpc) is 3.16. The highest BCUT2D eigenvalue weighted by Crippen LogP contribution is 2.33. The van der Waals surface area contributed by atoms with E-state index < -0.39 is 0 Å². The van der Waals surface area contributed by atoms with Crippen molar-refractivity contribution >= 4 is 0 Å². The van der Waals surface area contributed by atoms with Crippen LogP contribution in [0.3, 0.4) is 0 Å². The fraction of sp³-hybridized carbons (Fsp3) is 0.538. The minimum atomic E-state index is 0.646. The summed E-state index contributed by atoms with van der Waals surface area (Å²) >= 11 is 0. The molecule has 0 aromatic carbocycles. The third-order valence-corrected chi connectivity index (χ3v) is 6.22. The minimum absolute atomic E-state index is 0.646. The maximum atomic E-state index is 4.11. The van der Waals surface area contributed by atoms with Crippen molar-refractivity contribution < 1.29 is 0 Å². The first-order valence-corrected chi connectivity index (χ1v) is 11.2. The summed E-state index contributed by atoms with van der Waals surface area (Å²) in [5.74, 6) is 0.648. The van der Waals surface area contributed by atoms with Crippen LogP contribution in [0, 0.1) is 5.92 Å². The molecule has 1 heteroatoms. The van der Waals surface area contributed by atoms with E-state index in [9.17, 15) is 0 Å². The lowest BCUT2D eigenvalue weighted by molar-refractivity contribution is 0.348. The minimum Gasteiger partial charge on any atom is -0.311 e. The van der Waals surface area contributed by atoms with Crippen molar-refractivity contribution in [2.24, 2.45) is 5.92 Å². The van der Waals surface area contributed by atoms with Crippen LogP contribution in [-0.4, -0.2) is 12.1 Å². The molecule has 0 radical (unpaired) electrons. The van der Waals surface area contributed by atoms with Gasteiger partial charge in [0.15, 0.2) is 0 Å². The summed E-state index contributed by atoms with van der Waals surface area (Å²) in [5, 5.41) is 4.11. The van der Waals surface area contributed by atoms with Crippen molar-refractivity contribution in [3.8, 4) is 0 Å². The largest absolute Gasteiger partial charge is 0.311 e. The number of allylic oxidation sites excluding steroid dienone is 11. The maximum Gasteiger partial charge on any atom is 0.0138 e. The molecule has 0 aliphatic heterocycles. The molecule has 0 aromatic heterocycles. The number of hydrogen-bond acceptors (Lipinski definition) is 1. The molecule has 1 nitrogen and oxygen atoms in total. The molecule has 0 spiro atoms. The van der Waals surface area contributed by atoms with E-state index in [1.807, 2.05) is 0 Å². The van der Waals surface area contributed by atoms with Crippen molar-refractivity contribution in [2.45, 2.75) is 82.7 Å². The molecule has 3 rings (SSSR count). The molecule has 0 bridgehead atoms. The standard InChI is InChI=1S/C26H37N/c1-2-4-8-12-17-23(18-13-9-5-3-1)25-21-16-22-26(25)27-24-19-14-10-6-7-11-15-20-24/h1-5,8-9,12-13,17-18,24-27H,6-7,10-11,14-16,19-22H2/b2-1?,3-1?,4-2?,5-3?,8-4+,9-5?,12-8?,13-9-,17-12-,18-13?,23-17?,23-18+. The summed E-state index contributed by atoms with van der Waals surface area (Å²) in [6, 6.07) is 1.38. The van der Waals surface area contributed by atoms with Gasteiger partial charge in [0.05, 0.1) is 0 Å². The molecular weight excluding hydrogens is 326 g/mol.